The third-order valence-corrected chi connectivity index (χ3v) is 6.23. The molecule has 3 aromatic heterocycles. The van der Waals surface area contributed by atoms with E-state index in [4.69, 9.17) is 0 Å². The predicted octanol–water partition coefficient (Wildman–Crippen LogP) is 4.87. The number of hydrogen-bond acceptors (Lipinski definition) is 5. The van der Waals surface area contributed by atoms with Gasteiger partial charge in [-0.25, -0.2) is 4.98 Å². The number of rotatable bonds is 7. The molecule has 1 fully saturated rings. The Balaban J connectivity index is 1.35. The van der Waals surface area contributed by atoms with Gasteiger partial charge in [-0.1, -0.05) is 26.0 Å². The third-order valence-electron chi connectivity index (χ3n) is 6.23. The topological polar surface area (TPSA) is 90.5 Å². The monoisotopic (exact) mass is 441 g/mol. The van der Waals surface area contributed by atoms with Crippen molar-refractivity contribution in [1.29, 1.82) is 0 Å². The normalized spacial score (nSPS) is 14.4. The van der Waals surface area contributed by atoms with Gasteiger partial charge < -0.3 is 14.5 Å². The molecule has 168 valence electrons. The summed E-state index contributed by atoms with van der Waals surface area (Å²) >= 11 is 0. The van der Waals surface area contributed by atoms with Crippen molar-refractivity contribution in [2.75, 3.05) is 5.32 Å². The summed E-state index contributed by atoms with van der Waals surface area (Å²) < 4.78 is 4.01. The summed E-state index contributed by atoms with van der Waals surface area (Å²) in [6, 6.07) is 11.5. The average Bonchev–Trinajstić information content (AvgIpc) is 3.34. The molecule has 8 heteroatoms. The molecule has 0 aliphatic heterocycles. The highest BCUT2D eigenvalue weighted by Crippen LogP contribution is 2.39. The van der Waals surface area contributed by atoms with Gasteiger partial charge >= 0.3 is 0 Å². The molecule has 1 aliphatic rings. The molecular formula is C25H27N7O. The van der Waals surface area contributed by atoms with Gasteiger partial charge in [-0.2, -0.15) is 0 Å². The van der Waals surface area contributed by atoms with Gasteiger partial charge in [0.1, 0.15) is 12.0 Å². The Hall–Kier alpha value is -3.81. The van der Waals surface area contributed by atoms with Crippen LogP contribution in [0.25, 0.3) is 17.1 Å². The zero-order valence-electron chi connectivity index (χ0n) is 19.0. The van der Waals surface area contributed by atoms with Gasteiger partial charge in [-0.3, -0.25) is 9.78 Å². The van der Waals surface area contributed by atoms with Gasteiger partial charge in [-0.15, -0.1) is 10.2 Å². The first-order valence-electron chi connectivity index (χ1n) is 11.3. The highest BCUT2D eigenvalue weighted by atomic mass is 16.1. The lowest BCUT2D eigenvalue weighted by atomic mass is 10.1. The first kappa shape index (κ1) is 21.1. The maximum absolute atomic E-state index is 13.0. The Morgan fingerprint density at radius 2 is 1.94 bits per heavy atom. The molecule has 1 amide bonds. The number of benzene rings is 1. The minimum Gasteiger partial charge on any atom is -0.321 e. The number of carbonyl (C=O) groups is 1. The van der Waals surface area contributed by atoms with Crippen LogP contribution in [-0.2, 0) is 0 Å². The smallest absolute Gasteiger partial charge is 0.274 e. The second-order valence-corrected chi connectivity index (χ2v) is 8.96. The largest absolute Gasteiger partial charge is 0.321 e. The summed E-state index contributed by atoms with van der Waals surface area (Å²) in [7, 11) is 0. The molecule has 1 saturated carbocycles. The van der Waals surface area contributed by atoms with Crippen LogP contribution in [0.3, 0.4) is 0 Å². The fourth-order valence-corrected chi connectivity index (χ4v) is 3.77. The van der Waals surface area contributed by atoms with Gasteiger partial charge in [0.2, 0.25) is 0 Å². The lowest BCUT2D eigenvalue weighted by Crippen LogP contribution is -2.14. The second kappa shape index (κ2) is 8.61. The Morgan fingerprint density at radius 1 is 1.09 bits per heavy atom. The number of hydrogen-bond donors (Lipinski definition) is 1. The van der Waals surface area contributed by atoms with Crippen LogP contribution in [0, 0.1) is 5.92 Å². The maximum atomic E-state index is 13.0. The molecule has 3 heterocycles. The molecule has 4 aromatic rings. The first-order chi connectivity index (χ1) is 16.0. The molecule has 5 rings (SSSR count). The SMILES string of the molecule is CC(C)[C@H](C)n1cnnc1-c1cccc(NC(=O)c2cc(-n3cnc(C4CC4)c3)ccn2)c1. The van der Waals surface area contributed by atoms with Crippen molar-refractivity contribution in [3.8, 4) is 17.1 Å². The van der Waals surface area contributed by atoms with E-state index < -0.39 is 0 Å². The maximum Gasteiger partial charge on any atom is 0.274 e. The van der Waals surface area contributed by atoms with Crippen molar-refractivity contribution in [2.45, 2.75) is 45.6 Å². The fourth-order valence-electron chi connectivity index (χ4n) is 3.77. The van der Waals surface area contributed by atoms with Crippen molar-refractivity contribution in [3.63, 3.8) is 0 Å². The van der Waals surface area contributed by atoms with E-state index in [-0.39, 0.29) is 11.9 Å². The van der Waals surface area contributed by atoms with Crippen LogP contribution in [-0.4, -0.2) is 35.2 Å². The van der Waals surface area contributed by atoms with Crippen LogP contribution >= 0.6 is 0 Å². The van der Waals surface area contributed by atoms with Gasteiger partial charge in [0.25, 0.3) is 5.91 Å². The Labute approximate surface area is 192 Å². The standard InChI is InChI=1S/C25H27N7O/c1-16(2)17(3)32-15-28-30-24(32)19-5-4-6-20(11-19)29-25(33)22-12-21(9-10-26-22)31-13-23(27-14-31)18-7-8-18/h4-6,9-18H,7-8H2,1-3H3,(H,29,33)/t17-/m0/s1. The van der Waals surface area contributed by atoms with Crippen molar-refractivity contribution in [1.82, 2.24) is 29.3 Å². The van der Waals surface area contributed by atoms with Crippen molar-refractivity contribution in [2.24, 2.45) is 5.92 Å². The van der Waals surface area contributed by atoms with Crippen molar-refractivity contribution < 1.29 is 4.79 Å². The number of imidazole rings is 1. The minimum atomic E-state index is -0.270. The lowest BCUT2D eigenvalue weighted by Gasteiger charge is -2.19. The molecule has 0 bridgehead atoms. The fraction of sp³-hybridized carbons (Fsp3) is 0.320. The third kappa shape index (κ3) is 4.41. The van der Waals surface area contributed by atoms with Crippen molar-refractivity contribution >= 4 is 11.6 Å². The van der Waals surface area contributed by atoms with Crippen LogP contribution in [0.1, 0.15) is 61.8 Å². The zero-order chi connectivity index (χ0) is 22.9. The van der Waals surface area contributed by atoms with Crippen LogP contribution in [0.4, 0.5) is 5.69 Å². The Bertz CT molecular complexity index is 1290. The molecule has 1 aliphatic carbocycles. The predicted molar refractivity (Wildman–Crippen MR) is 126 cm³/mol. The van der Waals surface area contributed by atoms with E-state index in [1.165, 1.54) is 12.8 Å². The molecule has 0 radical (unpaired) electrons. The van der Waals surface area contributed by atoms with Crippen molar-refractivity contribution in [3.05, 3.63) is 72.8 Å². The highest BCUT2D eigenvalue weighted by molar-refractivity contribution is 6.03. The summed E-state index contributed by atoms with van der Waals surface area (Å²) in [5, 5.41) is 11.4. The van der Waals surface area contributed by atoms with E-state index in [9.17, 15) is 4.79 Å². The number of carbonyl (C=O) groups excluding carboxylic acids is 1. The molecule has 1 aromatic carbocycles. The van der Waals surface area contributed by atoms with Gasteiger partial charge in [0.15, 0.2) is 5.82 Å². The van der Waals surface area contributed by atoms with E-state index in [1.807, 2.05) is 41.1 Å². The summed E-state index contributed by atoms with van der Waals surface area (Å²) in [5.41, 5.74) is 3.88. The minimum absolute atomic E-state index is 0.254. The zero-order valence-corrected chi connectivity index (χ0v) is 19.0. The van der Waals surface area contributed by atoms with E-state index in [1.54, 1.807) is 24.9 Å². The van der Waals surface area contributed by atoms with Gasteiger partial charge in [0, 0.05) is 35.6 Å². The van der Waals surface area contributed by atoms with Crippen LogP contribution in [0.5, 0.6) is 0 Å². The summed E-state index contributed by atoms with van der Waals surface area (Å²) in [6.45, 7) is 6.49. The summed E-state index contributed by atoms with van der Waals surface area (Å²) in [5.74, 6) is 1.53. The van der Waals surface area contributed by atoms with Gasteiger partial charge in [-0.05, 0) is 49.9 Å². The molecule has 0 saturated heterocycles. The van der Waals surface area contributed by atoms with Crippen LogP contribution in [0.2, 0.25) is 0 Å². The van der Waals surface area contributed by atoms with Crippen LogP contribution in [0.15, 0.2) is 61.4 Å². The summed E-state index contributed by atoms with van der Waals surface area (Å²) in [4.78, 5) is 21.7. The van der Waals surface area contributed by atoms with E-state index in [2.05, 4.69) is 50.8 Å². The second-order valence-electron chi connectivity index (χ2n) is 8.96. The number of aromatic nitrogens is 6. The number of nitrogens with zero attached hydrogens (tertiary/aromatic N) is 6. The summed E-state index contributed by atoms with van der Waals surface area (Å²) in [6.07, 6.45) is 9.63. The molecule has 8 nitrogen and oxygen atoms in total. The molecule has 0 unspecified atom stereocenters. The molecule has 1 N–H and O–H groups in total. The lowest BCUT2D eigenvalue weighted by molar-refractivity contribution is 0.102. The van der Waals surface area contributed by atoms with E-state index >= 15 is 0 Å². The molecule has 33 heavy (non-hydrogen) atoms. The molecule has 0 spiro atoms. The Kier molecular flexibility index (Phi) is 5.50. The first-order valence-corrected chi connectivity index (χ1v) is 11.3. The molecule has 1 atom stereocenters. The number of amides is 1. The van der Waals surface area contributed by atoms with Gasteiger partial charge in [0.05, 0.1) is 17.7 Å². The number of anilines is 1. The highest BCUT2D eigenvalue weighted by Gasteiger charge is 2.26. The average molecular weight is 442 g/mol. The number of pyridine rings is 1. The Morgan fingerprint density at radius 3 is 2.73 bits per heavy atom. The molecular weight excluding hydrogens is 414 g/mol. The number of nitrogens with one attached hydrogen (secondary N) is 1. The van der Waals surface area contributed by atoms with E-state index in [0.29, 0.717) is 23.2 Å². The quantitative estimate of drug-likeness (QED) is 0.442. The van der Waals surface area contributed by atoms with E-state index in [0.717, 1.165) is 22.8 Å². The van der Waals surface area contributed by atoms with Crippen LogP contribution < -0.4 is 5.32 Å².